The van der Waals surface area contributed by atoms with Gasteiger partial charge in [-0.05, 0) is 19.3 Å². The van der Waals surface area contributed by atoms with E-state index in [0.29, 0.717) is 6.42 Å². The maximum Gasteiger partial charge on any atom is 0.227 e. The fourth-order valence-electron chi connectivity index (χ4n) is 1.52. The van der Waals surface area contributed by atoms with Crippen molar-refractivity contribution < 1.29 is 4.79 Å². The fraction of sp³-hybridized carbons (Fsp3) is 0.692. The molecule has 1 heterocycles. The molecule has 1 rings (SSSR count). The van der Waals surface area contributed by atoms with Crippen molar-refractivity contribution in [1.82, 2.24) is 9.78 Å². The number of hydrogen-bond donors (Lipinski definition) is 2. The van der Waals surface area contributed by atoms with E-state index < -0.39 is 0 Å². The van der Waals surface area contributed by atoms with E-state index in [-0.39, 0.29) is 23.4 Å². The molecule has 102 valence electrons. The molecule has 5 nitrogen and oxygen atoms in total. The summed E-state index contributed by atoms with van der Waals surface area (Å²) in [7, 11) is 0. The van der Waals surface area contributed by atoms with Crippen LogP contribution in [0.5, 0.6) is 0 Å². The van der Waals surface area contributed by atoms with Crippen molar-refractivity contribution in [1.29, 1.82) is 0 Å². The average molecular weight is 252 g/mol. The van der Waals surface area contributed by atoms with E-state index in [4.69, 9.17) is 5.73 Å². The molecule has 1 aromatic rings. The molecular weight excluding hydrogens is 228 g/mol. The van der Waals surface area contributed by atoms with Crippen LogP contribution in [0.25, 0.3) is 0 Å². The SMILES string of the molecule is CC(C)n1nccc1NC(=O)CC(N)C(C)(C)C. The van der Waals surface area contributed by atoms with Crippen LogP contribution in [-0.4, -0.2) is 21.7 Å². The van der Waals surface area contributed by atoms with Crippen LogP contribution in [0.2, 0.25) is 0 Å². The first-order valence-electron chi connectivity index (χ1n) is 6.30. The van der Waals surface area contributed by atoms with Gasteiger partial charge in [0.25, 0.3) is 0 Å². The highest BCUT2D eigenvalue weighted by Gasteiger charge is 2.23. The van der Waals surface area contributed by atoms with E-state index in [1.54, 1.807) is 16.9 Å². The molecule has 1 aromatic heterocycles. The first kappa shape index (κ1) is 14.7. The second-order valence-corrected chi connectivity index (χ2v) is 5.98. The van der Waals surface area contributed by atoms with Crippen molar-refractivity contribution in [3.05, 3.63) is 12.3 Å². The molecule has 0 aromatic carbocycles. The largest absolute Gasteiger partial charge is 0.327 e. The summed E-state index contributed by atoms with van der Waals surface area (Å²) in [5.41, 5.74) is 5.92. The van der Waals surface area contributed by atoms with Crippen LogP contribution in [0.1, 0.15) is 47.1 Å². The summed E-state index contributed by atoms with van der Waals surface area (Å²) in [5.74, 6) is 0.649. The van der Waals surface area contributed by atoms with Crippen molar-refractivity contribution in [3.63, 3.8) is 0 Å². The van der Waals surface area contributed by atoms with Crippen LogP contribution in [0, 0.1) is 5.41 Å². The van der Waals surface area contributed by atoms with Gasteiger partial charge >= 0.3 is 0 Å². The van der Waals surface area contributed by atoms with E-state index in [2.05, 4.69) is 10.4 Å². The number of amides is 1. The predicted octanol–water partition coefficient (Wildman–Crippen LogP) is 2.17. The lowest BCUT2D eigenvalue weighted by molar-refractivity contribution is -0.117. The second kappa shape index (κ2) is 5.52. The summed E-state index contributed by atoms with van der Waals surface area (Å²) in [6.07, 6.45) is 1.99. The van der Waals surface area contributed by atoms with Crippen LogP contribution >= 0.6 is 0 Å². The Bertz CT molecular complexity index is 403. The molecule has 0 aliphatic rings. The van der Waals surface area contributed by atoms with Gasteiger partial charge in [-0.15, -0.1) is 0 Å². The van der Waals surface area contributed by atoms with Gasteiger partial charge in [0, 0.05) is 24.6 Å². The van der Waals surface area contributed by atoms with E-state index in [0.717, 1.165) is 5.82 Å². The Hall–Kier alpha value is -1.36. The molecule has 0 fully saturated rings. The smallest absolute Gasteiger partial charge is 0.227 e. The molecule has 18 heavy (non-hydrogen) atoms. The third kappa shape index (κ3) is 3.84. The summed E-state index contributed by atoms with van der Waals surface area (Å²) < 4.78 is 1.78. The Kier molecular flexibility index (Phi) is 4.51. The summed E-state index contributed by atoms with van der Waals surface area (Å²) >= 11 is 0. The second-order valence-electron chi connectivity index (χ2n) is 5.98. The van der Waals surface area contributed by atoms with Crippen LogP contribution < -0.4 is 11.1 Å². The van der Waals surface area contributed by atoms with Crippen molar-refractivity contribution in [3.8, 4) is 0 Å². The molecule has 0 saturated carbocycles. The molecule has 1 amide bonds. The maximum atomic E-state index is 11.9. The molecule has 0 bridgehead atoms. The number of carbonyl (C=O) groups is 1. The molecule has 1 atom stereocenters. The maximum absolute atomic E-state index is 11.9. The molecule has 3 N–H and O–H groups in total. The minimum Gasteiger partial charge on any atom is -0.327 e. The van der Waals surface area contributed by atoms with Gasteiger partial charge in [0.05, 0.1) is 6.20 Å². The van der Waals surface area contributed by atoms with E-state index in [1.165, 1.54) is 0 Å². The highest BCUT2D eigenvalue weighted by molar-refractivity contribution is 5.90. The zero-order valence-electron chi connectivity index (χ0n) is 11.9. The quantitative estimate of drug-likeness (QED) is 0.862. The molecule has 0 radical (unpaired) electrons. The zero-order chi connectivity index (χ0) is 13.9. The number of nitrogens with one attached hydrogen (secondary N) is 1. The molecule has 0 aliphatic heterocycles. The normalized spacial score (nSPS) is 13.7. The summed E-state index contributed by atoms with van der Waals surface area (Å²) in [6.45, 7) is 10.1. The minimum atomic E-state index is -0.159. The van der Waals surface area contributed by atoms with Crippen LogP contribution in [0.3, 0.4) is 0 Å². The average Bonchev–Trinajstić information content (AvgIpc) is 2.63. The molecule has 0 aliphatic carbocycles. The molecule has 1 unspecified atom stereocenters. The molecule has 0 saturated heterocycles. The topological polar surface area (TPSA) is 72.9 Å². The Labute approximate surface area is 109 Å². The summed E-state index contributed by atoms with van der Waals surface area (Å²) in [6, 6.07) is 1.85. The van der Waals surface area contributed by atoms with Gasteiger partial charge in [-0.2, -0.15) is 5.10 Å². The highest BCUT2D eigenvalue weighted by atomic mass is 16.1. The number of nitrogens with two attached hydrogens (primary N) is 1. The van der Waals surface area contributed by atoms with Gasteiger partial charge in [-0.25, -0.2) is 4.68 Å². The Balaban J connectivity index is 2.63. The van der Waals surface area contributed by atoms with Crippen LogP contribution in [0.4, 0.5) is 5.82 Å². The fourth-order valence-corrected chi connectivity index (χ4v) is 1.52. The Morgan fingerprint density at radius 3 is 2.61 bits per heavy atom. The van der Waals surface area contributed by atoms with Gasteiger partial charge in [-0.3, -0.25) is 4.79 Å². The lowest BCUT2D eigenvalue weighted by Gasteiger charge is -2.26. The van der Waals surface area contributed by atoms with E-state index in [9.17, 15) is 4.79 Å². The Morgan fingerprint density at radius 1 is 1.50 bits per heavy atom. The van der Waals surface area contributed by atoms with Crippen molar-refractivity contribution in [2.24, 2.45) is 11.1 Å². The van der Waals surface area contributed by atoms with Crippen molar-refractivity contribution in [2.75, 3.05) is 5.32 Å². The molecular formula is C13H24N4O. The standard InChI is InChI=1S/C13H24N4O/c1-9(2)17-11(6-7-15-17)16-12(18)8-10(14)13(3,4)5/h6-7,9-10H,8,14H2,1-5H3,(H,16,18). The number of aromatic nitrogens is 2. The number of hydrogen-bond acceptors (Lipinski definition) is 3. The zero-order valence-corrected chi connectivity index (χ0v) is 11.9. The third-order valence-corrected chi connectivity index (χ3v) is 2.94. The predicted molar refractivity (Wildman–Crippen MR) is 73.3 cm³/mol. The third-order valence-electron chi connectivity index (χ3n) is 2.94. The van der Waals surface area contributed by atoms with E-state index >= 15 is 0 Å². The highest BCUT2D eigenvalue weighted by Crippen LogP contribution is 2.20. The molecule has 5 heteroatoms. The number of rotatable bonds is 4. The number of nitrogens with zero attached hydrogens (tertiary/aromatic N) is 2. The van der Waals surface area contributed by atoms with Gasteiger partial charge in [-0.1, -0.05) is 20.8 Å². The van der Waals surface area contributed by atoms with Crippen molar-refractivity contribution >= 4 is 11.7 Å². The summed E-state index contributed by atoms with van der Waals surface area (Å²) in [4.78, 5) is 11.9. The van der Waals surface area contributed by atoms with E-state index in [1.807, 2.05) is 34.6 Å². The van der Waals surface area contributed by atoms with Crippen molar-refractivity contribution in [2.45, 2.75) is 53.1 Å². The lowest BCUT2D eigenvalue weighted by atomic mass is 9.85. The van der Waals surface area contributed by atoms with Crippen LogP contribution in [-0.2, 0) is 4.79 Å². The minimum absolute atomic E-state index is 0.0696. The first-order chi connectivity index (χ1) is 8.21. The number of anilines is 1. The lowest BCUT2D eigenvalue weighted by Crippen LogP contribution is -2.38. The first-order valence-corrected chi connectivity index (χ1v) is 6.30. The monoisotopic (exact) mass is 252 g/mol. The van der Waals surface area contributed by atoms with Gasteiger partial charge < -0.3 is 11.1 Å². The van der Waals surface area contributed by atoms with Gasteiger partial charge in [0.1, 0.15) is 5.82 Å². The van der Waals surface area contributed by atoms with Gasteiger partial charge in [0.15, 0.2) is 0 Å². The van der Waals surface area contributed by atoms with Crippen LogP contribution in [0.15, 0.2) is 12.3 Å². The summed E-state index contributed by atoms with van der Waals surface area (Å²) in [5, 5.41) is 7.02. The van der Waals surface area contributed by atoms with Gasteiger partial charge in [0.2, 0.25) is 5.91 Å². The number of carbonyl (C=O) groups excluding carboxylic acids is 1. The molecule has 0 spiro atoms. The Morgan fingerprint density at radius 2 is 2.11 bits per heavy atom.